The summed E-state index contributed by atoms with van der Waals surface area (Å²) in [5, 5.41) is 10.6. The molecule has 0 aromatic carbocycles. The molecule has 0 amide bonds. The van der Waals surface area contributed by atoms with Crippen LogP contribution in [0.3, 0.4) is 0 Å². The maximum absolute atomic E-state index is 10.6. The highest BCUT2D eigenvalue weighted by molar-refractivity contribution is 4.43. The van der Waals surface area contributed by atoms with Crippen molar-refractivity contribution < 1.29 is 14.6 Å². The molecular weight excluding hydrogens is 144 g/mol. The van der Waals surface area contributed by atoms with Gasteiger partial charge < -0.3 is 9.47 Å². The molecule has 0 saturated heterocycles. The largest absolute Gasteiger partial charge is 0.353 e. The molecular formula is C8H17O3. The average molecular weight is 161 g/mol. The zero-order chi connectivity index (χ0) is 8.69. The first-order valence-electron chi connectivity index (χ1n) is 4.13. The summed E-state index contributed by atoms with van der Waals surface area (Å²) in [6.07, 6.45) is 0.466. The van der Waals surface area contributed by atoms with E-state index < -0.39 is 6.29 Å². The zero-order valence-electron chi connectivity index (χ0n) is 7.50. The summed E-state index contributed by atoms with van der Waals surface area (Å²) in [6, 6.07) is 0. The van der Waals surface area contributed by atoms with E-state index in [1.165, 1.54) is 6.92 Å². The third kappa shape index (κ3) is 6.28. The van der Waals surface area contributed by atoms with Gasteiger partial charge in [0.2, 0.25) is 0 Å². The highest BCUT2D eigenvalue weighted by Gasteiger charge is 2.10. The molecule has 0 rings (SSSR count). The Kier molecular flexibility index (Phi) is 6.51. The maximum Gasteiger partial charge on any atom is 0.191 e. The molecule has 0 aromatic rings. The van der Waals surface area contributed by atoms with E-state index in [0.717, 1.165) is 12.8 Å². The van der Waals surface area contributed by atoms with Crippen molar-refractivity contribution in [3.8, 4) is 0 Å². The van der Waals surface area contributed by atoms with Crippen molar-refractivity contribution in [3.05, 3.63) is 0 Å². The van der Waals surface area contributed by atoms with E-state index in [2.05, 4.69) is 0 Å². The van der Waals surface area contributed by atoms with E-state index in [9.17, 15) is 5.11 Å². The van der Waals surface area contributed by atoms with Crippen molar-refractivity contribution >= 4 is 0 Å². The summed E-state index contributed by atoms with van der Waals surface area (Å²) >= 11 is 0. The molecule has 2 atom stereocenters. The lowest BCUT2D eigenvalue weighted by atomic mass is 10.3. The van der Waals surface area contributed by atoms with Crippen LogP contribution in [0.15, 0.2) is 0 Å². The maximum atomic E-state index is 10.6. The van der Waals surface area contributed by atoms with Crippen molar-refractivity contribution in [3.63, 3.8) is 0 Å². The van der Waals surface area contributed by atoms with Gasteiger partial charge in [-0.05, 0) is 20.3 Å². The average Bonchev–Trinajstić information content (AvgIpc) is 1.87. The van der Waals surface area contributed by atoms with Crippen molar-refractivity contribution in [2.75, 3.05) is 6.61 Å². The van der Waals surface area contributed by atoms with Crippen molar-refractivity contribution in [2.45, 2.75) is 46.2 Å². The van der Waals surface area contributed by atoms with Gasteiger partial charge in [-0.25, -0.2) is 5.11 Å². The summed E-state index contributed by atoms with van der Waals surface area (Å²) in [5.74, 6) is 0. The molecule has 3 nitrogen and oxygen atoms in total. The van der Waals surface area contributed by atoms with Gasteiger partial charge in [0.1, 0.15) is 0 Å². The van der Waals surface area contributed by atoms with Crippen LogP contribution in [0.5, 0.6) is 0 Å². The Hall–Kier alpha value is -0.120. The first-order chi connectivity index (χ1) is 5.20. The van der Waals surface area contributed by atoms with Crippen molar-refractivity contribution in [1.82, 2.24) is 0 Å². The van der Waals surface area contributed by atoms with Crippen LogP contribution in [0.2, 0.25) is 0 Å². The minimum atomic E-state index is -0.988. The van der Waals surface area contributed by atoms with Gasteiger partial charge in [-0.1, -0.05) is 13.3 Å². The Morgan fingerprint density at radius 3 is 2.36 bits per heavy atom. The van der Waals surface area contributed by atoms with Crippen LogP contribution in [0, 0.1) is 0 Å². The molecule has 0 saturated carbocycles. The predicted octanol–water partition coefficient (Wildman–Crippen LogP) is 1.94. The van der Waals surface area contributed by atoms with E-state index >= 15 is 0 Å². The number of hydrogen-bond donors (Lipinski definition) is 0. The topological polar surface area (TPSA) is 38.4 Å². The summed E-state index contributed by atoms with van der Waals surface area (Å²) < 4.78 is 10.1. The van der Waals surface area contributed by atoms with Crippen LogP contribution >= 0.6 is 0 Å². The van der Waals surface area contributed by atoms with Gasteiger partial charge in [-0.2, -0.15) is 0 Å². The molecule has 0 aromatic heterocycles. The van der Waals surface area contributed by atoms with Gasteiger partial charge in [0.15, 0.2) is 12.6 Å². The first kappa shape index (κ1) is 10.9. The third-order valence-corrected chi connectivity index (χ3v) is 1.22. The molecule has 0 aliphatic heterocycles. The Morgan fingerprint density at radius 1 is 1.36 bits per heavy atom. The second-order valence-electron chi connectivity index (χ2n) is 2.38. The molecule has 0 aliphatic rings. The monoisotopic (exact) mass is 161 g/mol. The van der Waals surface area contributed by atoms with Gasteiger partial charge in [-0.15, -0.1) is 0 Å². The summed E-state index contributed by atoms with van der Waals surface area (Å²) in [7, 11) is 0. The van der Waals surface area contributed by atoms with Gasteiger partial charge >= 0.3 is 0 Å². The van der Waals surface area contributed by atoms with Gasteiger partial charge in [0.05, 0.1) is 0 Å². The van der Waals surface area contributed by atoms with Crippen LogP contribution in [-0.2, 0) is 14.6 Å². The normalized spacial score (nSPS) is 16.4. The molecule has 0 bridgehead atoms. The van der Waals surface area contributed by atoms with Crippen LogP contribution in [0.4, 0.5) is 0 Å². The fourth-order valence-electron chi connectivity index (χ4n) is 0.826. The first-order valence-corrected chi connectivity index (χ1v) is 4.13. The Balaban J connectivity index is 3.50. The van der Waals surface area contributed by atoms with Crippen molar-refractivity contribution in [2.24, 2.45) is 0 Å². The number of ether oxygens (including phenoxy) is 2. The zero-order valence-corrected chi connectivity index (χ0v) is 7.50. The molecule has 3 heteroatoms. The quantitative estimate of drug-likeness (QED) is 0.558. The second kappa shape index (κ2) is 6.58. The fourth-order valence-corrected chi connectivity index (χ4v) is 0.826. The van der Waals surface area contributed by atoms with E-state index in [1.54, 1.807) is 0 Å². The highest BCUT2D eigenvalue weighted by atomic mass is 16.7. The molecule has 11 heavy (non-hydrogen) atoms. The van der Waals surface area contributed by atoms with E-state index in [0.29, 0.717) is 6.61 Å². The molecule has 0 spiro atoms. The number of rotatable bonds is 6. The molecule has 0 heterocycles. The van der Waals surface area contributed by atoms with Gasteiger partial charge in [-0.3, -0.25) is 0 Å². The smallest absolute Gasteiger partial charge is 0.191 e. The Labute approximate surface area is 68.3 Å². The van der Waals surface area contributed by atoms with E-state index in [4.69, 9.17) is 9.47 Å². The molecule has 1 radical (unpaired) electrons. The molecule has 0 aliphatic carbocycles. The van der Waals surface area contributed by atoms with Gasteiger partial charge in [0.25, 0.3) is 0 Å². The second-order valence-corrected chi connectivity index (χ2v) is 2.38. The van der Waals surface area contributed by atoms with Crippen LogP contribution < -0.4 is 0 Å². The Bertz CT molecular complexity index is 77.4. The molecule has 0 fully saturated rings. The number of hydrogen-bond acceptors (Lipinski definition) is 2. The van der Waals surface area contributed by atoms with Gasteiger partial charge in [0, 0.05) is 6.61 Å². The fraction of sp³-hybridized carbons (Fsp3) is 1.00. The lowest BCUT2D eigenvalue weighted by Gasteiger charge is -2.17. The highest BCUT2D eigenvalue weighted by Crippen LogP contribution is 2.05. The van der Waals surface area contributed by atoms with Crippen LogP contribution in [0.25, 0.3) is 0 Å². The third-order valence-electron chi connectivity index (χ3n) is 1.22. The molecule has 2 unspecified atom stereocenters. The standard InChI is InChI=1S/C8H17O3/c1-4-6-8(10-5-2)11-7(3)9/h7-8H,4-6H2,1-3H3. The van der Waals surface area contributed by atoms with Crippen molar-refractivity contribution in [1.29, 1.82) is 0 Å². The Morgan fingerprint density at radius 2 is 2.00 bits per heavy atom. The minimum absolute atomic E-state index is 0.308. The van der Waals surface area contributed by atoms with E-state index in [-0.39, 0.29) is 6.29 Å². The minimum Gasteiger partial charge on any atom is -0.353 e. The van der Waals surface area contributed by atoms with Crippen LogP contribution in [0.1, 0.15) is 33.6 Å². The van der Waals surface area contributed by atoms with Crippen LogP contribution in [-0.4, -0.2) is 19.2 Å². The summed E-state index contributed by atoms with van der Waals surface area (Å²) in [6.45, 7) is 5.99. The van der Waals surface area contributed by atoms with E-state index in [1.807, 2.05) is 13.8 Å². The SMILES string of the molecule is CCCC(OCC)OC(C)[O]. The molecule has 0 N–H and O–H groups in total. The lowest BCUT2D eigenvalue weighted by molar-refractivity contribution is -0.240. The summed E-state index contributed by atoms with van der Waals surface area (Å²) in [4.78, 5) is 0. The molecule has 67 valence electrons. The predicted molar refractivity (Wildman–Crippen MR) is 41.6 cm³/mol. The lowest BCUT2D eigenvalue weighted by Crippen LogP contribution is -2.21. The summed E-state index contributed by atoms with van der Waals surface area (Å²) in [5.41, 5.74) is 0.